The van der Waals surface area contributed by atoms with Gasteiger partial charge in [-0.1, -0.05) is 4.49 Å². The fourth-order valence-corrected chi connectivity index (χ4v) is 2.37. The summed E-state index contributed by atoms with van der Waals surface area (Å²) in [6.07, 6.45) is 2.38. The Kier molecular flexibility index (Phi) is 3.05. The second kappa shape index (κ2) is 4.70. The number of nitrogens with zero attached hydrogens (tertiary/aromatic N) is 2. The standard InChI is InChI=1S/C12H11F2N3S/c13-8-3-7(4-9(14)5-8)12-11(18-17-16-12)6-15-10-1-2-10/h3-5,10,15H,1-2,6H2. The first kappa shape index (κ1) is 11.7. The zero-order valence-electron chi connectivity index (χ0n) is 9.49. The number of aromatic nitrogens is 2. The summed E-state index contributed by atoms with van der Waals surface area (Å²) >= 11 is 1.26. The molecule has 0 spiro atoms. The van der Waals surface area contributed by atoms with Gasteiger partial charge in [-0.25, -0.2) is 8.78 Å². The van der Waals surface area contributed by atoms with Crippen LogP contribution < -0.4 is 5.32 Å². The lowest BCUT2D eigenvalue weighted by molar-refractivity contribution is 0.584. The van der Waals surface area contributed by atoms with Crippen LogP contribution in [0.4, 0.5) is 8.78 Å². The minimum Gasteiger partial charge on any atom is -0.309 e. The van der Waals surface area contributed by atoms with Gasteiger partial charge in [0.1, 0.15) is 17.3 Å². The SMILES string of the molecule is Fc1cc(F)cc(-c2nnsc2CNC2CC2)c1. The summed E-state index contributed by atoms with van der Waals surface area (Å²) in [7, 11) is 0. The summed E-state index contributed by atoms with van der Waals surface area (Å²) in [5.41, 5.74) is 1.00. The molecule has 94 valence electrons. The van der Waals surface area contributed by atoms with Gasteiger partial charge in [0.05, 0.1) is 4.88 Å². The number of rotatable bonds is 4. The van der Waals surface area contributed by atoms with E-state index in [1.165, 1.54) is 36.5 Å². The molecule has 6 heteroatoms. The molecule has 3 rings (SSSR count). The van der Waals surface area contributed by atoms with Crippen LogP contribution in [-0.4, -0.2) is 15.6 Å². The van der Waals surface area contributed by atoms with E-state index in [2.05, 4.69) is 14.9 Å². The highest BCUT2D eigenvalue weighted by Crippen LogP contribution is 2.27. The molecule has 0 bridgehead atoms. The number of nitrogens with one attached hydrogen (secondary N) is 1. The van der Waals surface area contributed by atoms with Crippen molar-refractivity contribution in [1.82, 2.24) is 14.9 Å². The van der Waals surface area contributed by atoms with Crippen molar-refractivity contribution in [3.8, 4) is 11.3 Å². The van der Waals surface area contributed by atoms with Crippen molar-refractivity contribution in [2.45, 2.75) is 25.4 Å². The lowest BCUT2D eigenvalue weighted by atomic mass is 10.1. The van der Waals surface area contributed by atoms with Crippen molar-refractivity contribution < 1.29 is 8.78 Å². The fourth-order valence-electron chi connectivity index (χ4n) is 1.76. The molecule has 1 saturated carbocycles. The van der Waals surface area contributed by atoms with Crippen LogP contribution in [0.2, 0.25) is 0 Å². The summed E-state index contributed by atoms with van der Waals surface area (Å²) < 4.78 is 30.2. The van der Waals surface area contributed by atoms with Crippen LogP contribution >= 0.6 is 11.5 Å². The smallest absolute Gasteiger partial charge is 0.126 e. The first-order valence-corrected chi connectivity index (χ1v) is 6.51. The van der Waals surface area contributed by atoms with Crippen LogP contribution in [0.25, 0.3) is 11.3 Å². The Morgan fingerprint density at radius 2 is 1.94 bits per heavy atom. The second-order valence-corrected chi connectivity index (χ2v) is 5.20. The van der Waals surface area contributed by atoms with E-state index in [1.807, 2.05) is 0 Å². The van der Waals surface area contributed by atoms with E-state index >= 15 is 0 Å². The highest BCUT2D eigenvalue weighted by molar-refractivity contribution is 7.05. The van der Waals surface area contributed by atoms with E-state index in [0.717, 1.165) is 10.9 Å². The second-order valence-electron chi connectivity index (χ2n) is 4.36. The van der Waals surface area contributed by atoms with Crippen molar-refractivity contribution in [2.75, 3.05) is 0 Å². The highest BCUT2D eigenvalue weighted by atomic mass is 32.1. The highest BCUT2D eigenvalue weighted by Gasteiger charge is 2.21. The maximum atomic E-state index is 13.2. The van der Waals surface area contributed by atoms with Gasteiger partial charge in [0, 0.05) is 24.2 Å². The average Bonchev–Trinajstić information content (AvgIpc) is 3.02. The molecule has 1 aromatic carbocycles. The maximum Gasteiger partial charge on any atom is 0.126 e. The molecule has 2 aromatic rings. The summed E-state index contributed by atoms with van der Waals surface area (Å²) in [5, 5.41) is 7.30. The third-order valence-corrected chi connectivity index (χ3v) is 3.54. The Labute approximate surface area is 107 Å². The molecule has 18 heavy (non-hydrogen) atoms. The molecule has 1 heterocycles. The van der Waals surface area contributed by atoms with E-state index in [-0.39, 0.29) is 0 Å². The van der Waals surface area contributed by atoms with Crippen LogP contribution in [0, 0.1) is 11.6 Å². The molecule has 0 saturated heterocycles. The predicted molar refractivity (Wildman–Crippen MR) is 65.1 cm³/mol. The molecule has 0 amide bonds. The largest absolute Gasteiger partial charge is 0.309 e. The molecule has 1 fully saturated rings. The van der Waals surface area contributed by atoms with Crippen molar-refractivity contribution in [3.63, 3.8) is 0 Å². The Bertz CT molecular complexity index is 546. The average molecular weight is 267 g/mol. The first-order chi connectivity index (χ1) is 8.72. The predicted octanol–water partition coefficient (Wildman–Crippen LogP) is 2.74. The van der Waals surface area contributed by atoms with Gasteiger partial charge in [-0.05, 0) is 36.5 Å². The lowest BCUT2D eigenvalue weighted by Gasteiger charge is -2.03. The van der Waals surface area contributed by atoms with E-state index in [0.29, 0.717) is 23.8 Å². The zero-order chi connectivity index (χ0) is 12.5. The summed E-state index contributed by atoms with van der Waals surface area (Å²) in [5.74, 6) is -1.20. The topological polar surface area (TPSA) is 37.8 Å². The van der Waals surface area contributed by atoms with Gasteiger partial charge in [0.2, 0.25) is 0 Å². The van der Waals surface area contributed by atoms with Crippen molar-refractivity contribution in [1.29, 1.82) is 0 Å². The molecular formula is C12H11F2N3S. The Morgan fingerprint density at radius 1 is 1.22 bits per heavy atom. The van der Waals surface area contributed by atoms with Gasteiger partial charge < -0.3 is 5.32 Å². The van der Waals surface area contributed by atoms with Crippen LogP contribution in [0.1, 0.15) is 17.7 Å². The molecule has 0 unspecified atom stereocenters. The van der Waals surface area contributed by atoms with E-state index in [1.54, 1.807) is 0 Å². The zero-order valence-corrected chi connectivity index (χ0v) is 10.3. The van der Waals surface area contributed by atoms with E-state index < -0.39 is 11.6 Å². The van der Waals surface area contributed by atoms with Crippen molar-refractivity contribution in [3.05, 3.63) is 34.7 Å². The van der Waals surface area contributed by atoms with Crippen molar-refractivity contribution >= 4 is 11.5 Å². The number of hydrogen-bond acceptors (Lipinski definition) is 4. The quantitative estimate of drug-likeness (QED) is 0.925. The van der Waals surface area contributed by atoms with E-state index in [9.17, 15) is 8.78 Å². The third-order valence-electron chi connectivity index (χ3n) is 2.82. The Morgan fingerprint density at radius 3 is 2.61 bits per heavy atom. The fraction of sp³-hybridized carbons (Fsp3) is 0.333. The first-order valence-electron chi connectivity index (χ1n) is 5.73. The Hall–Kier alpha value is -1.40. The number of hydrogen-bond donors (Lipinski definition) is 1. The minimum absolute atomic E-state index is 0.439. The third kappa shape index (κ3) is 2.54. The van der Waals surface area contributed by atoms with Crippen LogP contribution in [-0.2, 0) is 6.54 Å². The van der Waals surface area contributed by atoms with E-state index in [4.69, 9.17) is 0 Å². The molecule has 1 aliphatic rings. The summed E-state index contributed by atoms with van der Waals surface area (Å²) in [6, 6.07) is 3.98. The number of benzene rings is 1. The molecule has 0 radical (unpaired) electrons. The lowest BCUT2D eigenvalue weighted by Crippen LogP contribution is -2.14. The molecule has 1 aliphatic carbocycles. The van der Waals surface area contributed by atoms with Gasteiger partial charge in [0.15, 0.2) is 0 Å². The molecule has 3 nitrogen and oxygen atoms in total. The van der Waals surface area contributed by atoms with Crippen molar-refractivity contribution in [2.24, 2.45) is 0 Å². The monoisotopic (exact) mass is 267 g/mol. The van der Waals surface area contributed by atoms with Crippen LogP contribution in [0.15, 0.2) is 18.2 Å². The maximum absolute atomic E-state index is 13.2. The van der Waals surface area contributed by atoms with Crippen LogP contribution in [0.5, 0.6) is 0 Å². The van der Waals surface area contributed by atoms with Gasteiger partial charge in [-0.3, -0.25) is 0 Å². The van der Waals surface area contributed by atoms with Gasteiger partial charge in [-0.15, -0.1) is 5.10 Å². The normalized spacial score (nSPS) is 15.0. The van der Waals surface area contributed by atoms with Gasteiger partial charge in [-0.2, -0.15) is 0 Å². The summed E-state index contributed by atoms with van der Waals surface area (Å²) in [6.45, 7) is 0.649. The molecule has 1 aromatic heterocycles. The number of halogens is 2. The molecule has 1 N–H and O–H groups in total. The molecule has 0 atom stereocenters. The summed E-state index contributed by atoms with van der Waals surface area (Å²) in [4.78, 5) is 0.909. The molecular weight excluding hydrogens is 256 g/mol. The van der Waals surface area contributed by atoms with Gasteiger partial charge in [0.25, 0.3) is 0 Å². The Balaban J connectivity index is 1.87. The van der Waals surface area contributed by atoms with Gasteiger partial charge >= 0.3 is 0 Å². The van der Waals surface area contributed by atoms with Crippen LogP contribution in [0.3, 0.4) is 0 Å². The minimum atomic E-state index is -0.598. The molecule has 0 aliphatic heterocycles.